The molecule has 0 bridgehead atoms. The summed E-state index contributed by atoms with van der Waals surface area (Å²) in [6.07, 6.45) is 1.08. The molecule has 0 aliphatic rings. The van der Waals surface area contributed by atoms with Gasteiger partial charge >= 0.3 is 19.2 Å². The Morgan fingerprint density at radius 1 is 1.36 bits per heavy atom. The molecule has 0 N–H and O–H groups in total. The number of nitrogens with zero attached hydrogens (tertiary/aromatic N) is 4. The van der Waals surface area contributed by atoms with Gasteiger partial charge in [0.05, 0.1) is 40.7 Å². The van der Waals surface area contributed by atoms with Crippen molar-refractivity contribution in [2.24, 2.45) is 5.16 Å². The first-order chi connectivity index (χ1) is 9.99. The number of amidine groups is 1. The van der Waals surface area contributed by atoms with Gasteiger partial charge in [0.25, 0.3) is 0 Å². The summed E-state index contributed by atoms with van der Waals surface area (Å²) in [5.41, 5.74) is 0. The maximum atomic E-state index is 11.0. The standard InChI is InChI=1S/C10H17N4O3.BF4/c1-13(2)10(14(3)4)17-12-8-9(15)16-7-5-6-11;2-1(3,4)5/h8H,5,7H2,1-4H3;/q+1;-1. The molecule has 7 nitrogen and oxygen atoms in total. The maximum absolute atomic E-state index is 11.0. The van der Waals surface area contributed by atoms with Gasteiger partial charge in [0.2, 0.25) is 0 Å². The topological polar surface area (TPSA) is 77.9 Å². The van der Waals surface area contributed by atoms with Gasteiger partial charge in [-0.25, -0.2) is 14.3 Å². The van der Waals surface area contributed by atoms with Crippen molar-refractivity contribution in [3.05, 3.63) is 0 Å². The average molecular weight is 328 g/mol. The van der Waals surface area contributed by atoms with Crippen LogP contribution in [-0.2, 0) is 14.4 Å². The molecule has 0 aromatic carbocycles. The van der Waals surface area contributed by atoms with E-state index in [-0.39, 0.29) is 13.0 Å². The van der Waals surface area contributed by atoms with Gasteiger partial charge in [-0.05, 0) is 0 Å². The van der Waals surface area contributed by atoms with Crippen molar-refractivity contribution in [2.75, 3.05) is 34.8 Å². The van der Waals surface area contributed by atoms with Crippen LogP contribution in [0.1, 0.15) is 6.42 Å². The van der Waals surface area contributed by atoms with Crippen molar-refractivity contribution >= 4 is 25.5 Å². The number of hydrogen-bond acceptors (Lipinski definition) is 5. The first-order valence-electron chi connectivity index (χ1n) is 5.82. The van der Waals surface area contributed by atoms with Gasteiger partial charge in [-0.2, -0.15) is 5.26 Å². The second-order valence-corrected chi connectivity index (χ2v) is 3.97. The van der Waals surface area contributed by atoms with Crippen LogP contribution in [0.3, 0.4) is 0 Å². The van der Waals surface area contributed by atoms with Crippen LogP contribution in [0.15, 0.2) is 5.16 Å². The molecular formula is C10H17BF4N4O3. The van der Waals surface area contributed by atoms with E-state index in [1.165, 1.54) is 0 Å². The van der Waals surface area contributed by atoms with Gasteiger partial charge in [0.15, 0.2) is 6.21 Å². The number of nitriles is 1. The number of ether oxygens (including phenoxy) is 1. The van der Waals surface area contributed by atoms with Crippen molar-refractivity contribution in [1.29, 1.82) is 5.26 Å². The molecule has 0 saturated heterocycles. The number of halogens is 4. The third kappa shape index (κ3) is 17.7. The Morgan fingerprint density at radius 3 is 2.23 bits per heavy atom. The van der Waals surface area contributed by atoms with Crippen molar-refractivity contribution in [3.8, 4) is 6.07 Å². The van der Waals surface area contributed by atoms with Gasteiger partial charge in [0.1, 0.15) is 6.61 Å². The largest absolute Gasteiger partial charge is 0.673 e. The van der Waals surface area contributed by atoms with Crippen LogP contribution in [0.25, 0.3) is 0 Å². The van der Waals surface area contributed by atoms with Crippen LogP contribution in [0, 0.1) is 11.3 Å². The number of hydrogen-bond donors (Lipinski definition) is 0. The molecule has 0 unspecified atom stereocenters. The minimum absolute atomic E-state index is 0.0548. The normalized spacial score (nSPS) is 10.1. The first kappa shape index (κ1) is 22.0. The lowest BCUT2D eigenvalue weighted by Gasteiger charge is -2.06. The summed E-state index contributed by atoms with van der Waals surface area (Å²) in [5.74, 6) is -0.642. The lowest BCUT2D eigenvalue weighted by atomic mass is 10.3. The Kier molecular flexibility index (Phi) is 11.3. The third-order valence-electron chi connectivity index (χ3n) is 1.52. The highest BCUT2D eigenvalue weighted by Gasteiger charge is 2.20. The highest BCUT2D eigenvalue weighted by atomic mass is 19.5. The second-order valence-electron chi connectivity index (χ2n) is 3.97. The smallest absolute Gasteiger partial charge is 0.460 e. The fraction of sp³-hybridized carbons (Fsp3) is 0.600. The molecule has 0 atom stereocenters. The molecule has 0 spiro atoms. The summed E-state index contributed by atoms with van der Waals surface area (Å²) in [4.78, 5) is 17.8. The highest BCUT2D eigenvalue weighted by molar-refractivity contribution is 6.50. The Labute approximate surface area is 125 Å². The number of carbonyl (C=O) groups excluding carboxylic acids is 1. The Morgan fingerprint density at radius 2 is 1.86 bits per heavy atom. The molecule has 126 valence electrons. The van der Waals surface area contributed by atoms with Crippen LogP contribution < -0.4 is 0 Å². The Bertz CT molecular complexity index is 436. The lowest BCUT2D eigenvalue weighted by molar-refractivity contribution is -0.480. The van der Waals surface area contributed by atoms with E-state index in [4.69, 9.17) is 10.1 Å². The van der Waals surface area contributed by atoms with Crippen molar-refractivity contribution in [2.45, 2.75) is 6.42 Å². The molecule has 0 fully saturated rings. The van der Waals surface area contributed by atoms with Gasteiger partial charge in [0, 0.05) is 0 Å². The fourth-order valence-corrected chi connectivity index (χ4v) is 0.914. The highest BCUT2D eigenvalue weighted by Crippen LogP contribution is 2.06. The molecule has 0 aromatic rings. The SMILES string of the molecule is CN(C)C(ON=CC(=O)OCCC#N)=[N+](C)C.F[B-](F)(F)F. The maximum Gasteiger partial charge on any atom is 0.673 e. The van der Waals surface area contributed by atoms with Crippen LogP contribution in [-0.4, -0.2) is 69.7 Å². The molecule has 0 aliphatic carbocycles. The fourth-order valence-electron chi connectivity index (χ4n) is 0.914. The number of oxime groups is 1. The predicted octanol–water partition coefficient (Wildman–Crippen LogP) is 0.935. The second kappa shape index (κ2) is 11.4. The van der Waals surface area contributed by atoms with E-state index in [1.54, 1.807) is 37.7 Å². The van der Waals surface area contributed by atoms with E-state index in [0.29, 0.717) is 6.02 Å². The van der Waals surface area contributed by atoms with E-state index in [9.17, 15) is 22.1 Å². The summed E-state index contributed by atoms with van der Waals surface area (Å²) in [7, 11) is 1.15. The summed E-state index contributed by atoms with van der Waals surface area (Å²) < 4.78 is 45.4. The molecule has 22 heavy (non-hydrogen) atoms. The number of carbonyl (C=O) groups is 1. The van der Waals surface area contributed by atoms with Crippen LogP contribution in [0.4, 0.5) is 17.3 Å². The molecule has 0 aliphatic heterocycles. The molecule has 0 aromatic heterocycles. The zero-order chi connectivity index (χ0) is 17.8. The van der Waals surface area contributed by atoms with Crippen LogP contribution >= 0.6 is 0 Å². The number of rotatable bonds is 4. The summed E-state index contributed by atoms with van der Waals surface area (Å²) >= 11 is 0. The minimum Gasteiger partial charge on any atom is -0.460 e. The lowest BCUT2D eigenvalue weighted by Crippen LogP contribution is -2.30. The van der Waals surface area contributed by atoms with E-state index in [2.05, 4.69) is 9.89 Å². The third-order valence-corrected chi connectivity index (χ3v) is 1.52. The Hall–Kier alpha value is -2.32. The van der Waals surface area contributed by atoms with E-state index in [1.807, 2.05) is 6.07 Å². The van der Waals surface area contributed by atoms with Gasteiger partial charge in [-0.3, -0.25) is 4.84 Å². The monoisotopic (exact) mass is 328 g/mol. The van der Waals surface area contributed by atoms with E-state index in [0.717, 1.165) is 6.21 Å². The summed E-state index contributed by atoms with van der Waals surface area (Å²) in [6, 6.07) is 2.33. The molecule has 0 radical (unpaired) electrons. The van der Waals surface area contributed by atoms with Gasteiger partial charge < -0.3 is 22.0 Å². The van der Waals surface area contributed by atoms with Crippen LogP contribution in [0.2, 0.25) is 0 Å². The van der Waals surface area contributed by atoms with E-state index >= 15 is 0 Å². The summed E-state index contributed by atoms with van der Waals surface area (Å²) in [6.45, 7) is 0.0548. The zero-order valence-electron chi connectivity index (χ0n) is 12.6. The molecular weight excluding hydrogens is 311 g/mol. The first-order valence-corrected chi connectivity index (χ1v) is 5.82. The minimum atomic E-state index is -6.00. The molecule has 0 rings (SSSR count). The van der Waals surface area contributed by atoms with Crippen molar-refractivity contribution < 1.29 is 36.2 Å². The van der Waals surface area contributed by atoms with Crippen LogP contribution in [0.5, 0.6) is 0 Å². The molecule has 0 saturated carbocycles. The van der Waals surface area contributed by atoms with Gasteiger partial charge in [-0.1, -0.05) is 5.16 Å². The van der Waals surface area contributed by atoms with E-state index < -0.39 is 13.2 Å². The molecule has 12 heteroatoms. The average Bonchev–Trinajstić information content (AvgIpc) is 2.31. The number of esters is 1. The Balaban J connectivity index is 0. The summed E-state index contributed by atoms with van der Waals surface area (Å²) in [5, 5.41) is 11.7. The van der Waals surface area contributed by atoms with Crippen molar-refractivity contribution in [3.63, 3.8) is 0 Å². The zero-order valence-corrected chi connectivity index (χ0v) is 12.6. The molecule has 0 heterocycles. The van der Waals surface area contributed by atoms with Gasteiger partial charge in [-0.15, -0.1) is 0 Å². The van der Waals surface area contributed by atoms with Crippen molar-refractivity contribution in [1.82, 2.24) is 4.90 Å². The molecule has 0 amide bonds. The predicted molar refractivity (Wildman–Crippen MR) is 71.8 cm³/mol. The quantitative estimate of drug-likeness (QED) is 0.112.